The SMILES string of the molecule is Cc1cc(C(=O)CSc2nnc(N3CCOCC3)n2-c2ccccc2)c(C)[nH]1. The van der Waals surface area contributed by atoms with Crippen LogP contribution < -0.4 is 4.90 Å². The van der Waals surface area contributed by atoms with Gasteiger partial charge in [-0.1, -0.05) is 30.0 Å². The fraction of sp³-hybridized carbons (Fsp3) is 0.350. The first-order valence-electron chi connectivity index (χ1n) is 9.29. The first kappa shape index (κ1) is 18.8. The highest BCUT2D eigenvalue weighted by Crippen LogP contribution is 2.28. The van der Waals surface area contributed by atoms with E-state index in [1.807, 2.05) is 54.8 Å². The average molecular weight is 398 g/mol. The molecule has 0 bridgehead atoms. The summed E-state index contributed by atoms with van der Waals surface area (Å²) >= 11 is 1.42. The number of aromatic amines is 1. The van der Waals surface area contributed by atoms with E-state index in [-0.39, 0.29) is 5.78 Å². The fourth-order valence-electron chi connectivity index (χ4n) is 3.35. The standard InChI is InChI=1S/C20H23N5O2S/c1-14-12-17(15(2)21-14)18(26)13-28-20-23-22-19(24-8-10-27-11-9-24)25(20)16-6-4-3-5-7-16/h3-7,12,21H,8-11,13H2,1-2H3. The van der Waals surface area contributed by atoms with Crippen LogP contribution in [0.15, 0.2) is 41.6 Å². The number of aromatic nitrogens is 4. The van der Waals surface area contributed by atoms with Crippen molar-refractivity contribution in [2.45, 2.75) is 19.0 Å². The molecule has 1 saturated heterocycles. The maximum Gasteiger partial charge on any atom is 0.232 e. The van der Waals surface area contributed by atoms with Gasteiger partial charge in [-0.3, -0.25) is 9.36 Å². The number of benzene rings is 1. The first-order valence-corrected chi connectivity index (χ1v) is 10.3. The van der Waals surface area contributed by atoms with Gasteiger partial charge in [-0.2, -0.15) is 0 Å². The van der Waals surface area contributed by atoms with Gasteiger partial charge in [-0.05, 0) is 32.0 Å². The van der Waals surface area contributed by atoms with Crippen LogP contribution in [0.1, 0.15) is 21.7 Å². The summed E-state index contributed by atoms with van der Waals surface area (Å²) in [5.74, 6) is 1.19. The fourth-order valence-corrected chi connectivity index (χ4v) is 4.18. The third kappa shape index (κ3) is 3.83. The Kier molecular flexibility index (Phi) is 5.50. The second kappa shape index (κ2) is 8.20. The lowest BCUT2D eigenvalue weighted by molar-refractivity contribution is 0.102. The summed E-state index contributed by atoms with van der Waals surface area (Å²) in [7, 11) is 0. The van der Waals surface area contributed by atoms with Gasteiger partial charge >= 0.3 is 0 Å². The Balaban J connectivity index is 1.60. The van der Waals surface area contributed by atoms with E-state index in [9.17, 15) is 4.79 Å². The zero-order chi connectivity index (χ0) is 19.5. The summed E-state index contributed by atoms with van der Waals surface area (Å²) in [6.45, 7) is 6.78. The maximum absolute atomic E-state index is 12.7. The number of hydrogen-bond donors (Lipinski definition) is 1. The minimum atomic E-state index is 0.0855. The second-order valence-corrected chi connectivity index (χ2v) is 7.70. The average Bonchev–Trinajstić information content (AvgIpc) is 3.30. The lowest BCUT2D eigenvalue weighted by Crippen LogP contribution is -2.37. The monoisotopic (exact) mass is 397 g/mol. The number of morpholine rings is 1. The molecule has 1 fully saturated rings. The molecule has 0 aliphatic carbocycles. The molecule has 0 amide bonds. The lowest BCUT2D eigenvalue weighted by Gasteiger charge is -2.27. The van der Waals surface area contributed by atoms with Crippen LogP contribution in [0, 0.1) is 13.8 Å². The van der Waals surface area contributed by atoms with Crippen LogP contribution in [0.4, 0.5) is 5.95 Å². The number of carbonyl (C=O) groups is 1. The summed E-state index contributed by atoms with van der Waals surface area (Å²) in [5.41, 5.74) is 3.62. The van der Waals surface area contributed by atoms with Crippen molar-refractivity contribution < 1.29 is 9.53 Å². The minimum Gasteiger partial charge on any atom is -0.378 e. The van der Waals surface area contributed by atoms with Crippen molar-refractivity contribution in [3.05, 3.63) is 53.3 Å². The molecule has 1 aromatic carbocycles. The maximum atomic E-state index is 12.7. The quantitative estimate of drug-likeness (QED) is 0.509. The second-order valence-electron chi connectivity index (χ2n) is 6.76. The summed E-state index contributed by atoms with van der Waals surface area (Å²) in [6.07, 6.45) is 0. The number of nitrogens with one attached hydrogen (secondary N) is 1. The van der Waals surface area contributed by atoms with Crippen molar-refractivity contribution in [3.63, 3.8) is 0 Å². The lowest BCUT2D eigenvalue weighted by atomic mass is 10.2. The van der Waals surface area contributed by atoms with E-state index < -0.39 is 0 Å². The molecule has 0 radical (unpaired) electrons. The highest BCUT2D eigenvalue weighted by molar-refractivity contribution is 7.99. The van der Waals surface area contributed by atoms with Crippen LogP contribution in [-0.4, -0.2) is 57.6 Å². The van der Waals surface area contributed by atoms with Gasteiger partial charge in [0.2, 0.25) is 5.95 Å². The predicted molar refractivity (Wildman–Crippen MR) is 110 cm³/mol. The molecule has 1 aliphatic rings. The van der Waals surface area contributed by atoms with Crippen LogP contribution in [0.3, 0.4) is 0 Å². The molecule has 3 heterocycles. The van der Waals surface area contributed by atoms with E-state index in [1.54, 1.807) is 0 Å². The summed E-state index contributed by atoms with van der Waals surface area (Å²) in [6, 6.07) is 11.9. The number of thioether (sulfide) groups is 1. The molecule has 146 valence electrons. The number of aryl methyl sites for hydroxylation is 2. The number of para-hydroxylation sites is 1. The zero-order valence-corrected chi connectivity index (χ0v) is 16.8. The molecule has 3 aromatic rings. The number of hydrogen-bond acceptors (Lipinski definition) is 6. The number of rotatable bonds is 6. The predicted octanol–water partition coefficient (Wildman–Crippen LogP) is 3.02. The van der Waals surface area contributed by atoms with Gasteiger partial charge in [0, 0.05) is 30.0 Å². The van der Waals surface area contributed by atoms with Crippen molar-refractivity contribution in [2.75, 3.05) is 37.0 Å². The largest absolute Gasteiger partial charge is 0.378 e. The van der Waals surface area contributed by atoms with Gasteiger partial charge in [0.05, 0.1) is 24.7 Å². The molecule has 1 aliphatic heterocycles. The Morgan fingerprint density at radius 3 is 2.61 bits per heavy atom. The minimum absolute atomic E-state index is 0.0855. The number of ether oxygens (including phenoxy) is 1. The first-order chi connectivity index (χ1) is 13.6. The Hall–Kier alpha value is -2.58. The highest BCUT2D eigenvalue weighted by Gasteiger charge is 2.22. The number of ketones is 1. The normalized spacial score (nSPS) is 14.4. The van der Waals surface area contributed by atoms with Crippen molar-refractivity contribution in [2.24, 2.45) is 0 Å². The Morgan fingerprint density at radius 2 is 1.93 bits per heavy atom. The van der Waals surface area contributed by atoms with E-state index in [2.05, 4.69) is 20.1 Å². The molecule has 0 saturated carbocycles. The molecular weight excluding hydrogens is 374 g/mol. The van der Waals surface area contributed by atoms with Gasteiger partial charge in [-0.25, -0.2) is 0 Å². The molecular formula is C20H23N5O2S. The Morgan fingerprint density at radius 1 is 1.18 bits per heavy atom. The summed E-state index contributed by atoms with van der Waals surface area (Å²) in [4.78, 5) is 18.0. The summed E-state index contributed by atoms with van der Waals surface area (Å²) in [5, 5.41) is 9.54. The van der Waals surface area contributed by atoms with Gasteiger partial charge < -0.3 is 14.6 Å². The molecule has 4 rings (SSSR count). The number of Topliss-reactive ketones (excluding diaryl/α,β-unsaturated/α-hetero) is 1. The smallest absolute Gasteiger partial charge is 0.232 e. The molecule has 0 unspecified atom stereocenters. The van der Waals surface area contributed by atoms with Crippen LogP contribution >= 0.6 is 11.8 Å². The van der Waals surface area contributed by atoms with Crippen molar-refractivity contribution in [1.29, 1.82) is 0 Å². The molecule has 28 heavy (non-hydrogen) atoms. The van der Waals surface area contributed by atoms with Gasteiger partial charge in [-0.15, -0.1) is 10.2 Å². The molecule has 2 aromatic heterocycles. The van der Waals surface area contributed by atoms with Crippen LogP contribution in [0.25, 0.3) is 5.69 Å². The molecule has 7 nitrogen and oxygen atoms in total. The zero-order valence-electron chi connectivity index (χ0n) is 16.0. The number of H-pyrrole nitrogens is 1. The Labute approximate surface area is 168 Å². The van der Waals surface area contributed by atoms with Crippen molar-refractivity contribution in [1.82, 2.24) is 19.7 Å². The molecule has 0 atom stereocenters. The number of nitrogens with zero attached hydrogens (tertiary/aromatic N) is 4. The molecule has 1 N–H and O–H groups in total. The topological polar surface area (TPSA) is 76.0 Å². The highest BCUT2D eigenvalue weighted by atomic mass is 32.2. The van der Waals surface area contributed by atoms with Gasteiger partial charge in [0.25, 0.3) is 0 Å². The van der Waals surface area contributed by atoms with Crippen LogP contribution in [0.5, 0.6) is 0 Å². The van der Waals surface area contributed by atoms with E-state index in [0.717, 1.165) is 41.7 Å². The van der Waals surface area contributed by atoms with Crippen LogP contribution in [-0.2, 0) is 4.74 Å². The molecule has 8 heteroatoms. The van der Waals surface area contributed by atoms with E-state index >= 15 is 0 Å². The third-order valence-corrected chi connectivity index (χ3v) is 5.64. The van der Waals surface area contributed by atoms with Crippen molar-refractivity contribution >= 4 is 23.5 Å². The third-order valence-electron chi connectivity index (χ3n) is 4.71. The number of anilines is 1. The van der Waals surface area contributed by atoms with E-state index in [0.29, 0.717) is 24.1 Å². The molecule has 0 spiro atoms. The van der Waals surface area contributed by atoms with Crippen LogP contribution in [0.2, 0.25) is 0 Å². The summed E-state index contributed by atoms with van der Waals surface area (Å²) < 4.78 is 7.49. The van der Waals surface area contributed by atoms with E-state index in [1.165, 1.54) is 11.8 Å². The van der Waals surface area contributed by atoms with E-state index in [4.69, 9.17) is 4.74 Å². The van der Waals surface area contributed by atoms with Gasteiger partial charge in [0.15, 0.2) is 10.9 Å². The van der Waals surface area contributed by atoms with Gasteiger partial charge in [0.1, 0.15) is 0 Å². The van der Waals surface area contributed by atoms with Crippen molar-refractivity contribution in [3.8, 4) is 5.69 Å². The number of carbonyl (C=O) groups excluding carboxylic acids is 1. The Bertz CT molecular complexity index is 960.